The quantitative estimate of drug-likeness (QED) is 0.840. The first-order valence-electron chi connectivity index (χ1n) is 5.35. The van der Waals surface area contributed by atoms with Gasteiger partial charge < -0.3 is 14.9 Å². The Kier molecular flexibility index (Phi) is 3.33. The maximum Gasteiger partial charge on any atom is 0.345 e. The lowest BCUT2D eigenvalue weighted by molar-refractivity contribution is -0.133. The lowest BCUT2D eigenvalue weighted by Crippen LogP contribution is -2.50. The average molecular weight is 268 g/mol. The number of carboxylic acid groups (broad SMARTS) is 1. The zero-order chi connectivity index (χ0) is 13.3. The molecule has 6 nitrogen and oxygen atoms in total. The minimum absolute atomic E-state index is 0.0512. The molecule has 18 heavy (non-hydrogen) atoms. The lowest BCUT2D eigenvalue weighted by atomic mass is 10.3. The van der Waals surface area contributed by atoms with E-state index in [1.165, 1.54) is 17.0 Å². The van der Waals surface area contributed by atoms with Gasteiger partial charge in [0, 0.05) is 20.1 Å². The number of carbonyl (C=O) groups excluding carboxylic acids is 2. The molecule has 0 atom stereocenters. The molecule has 96 valence electrons. The Balaban J connectivity index is 2.11. The zero-order valence-corrected chi connectivity index (χ0v) is 10.6. The fourth-order valence-electron chi connectivity index (χ4n) is 1.66. The van der Waals surface area contributed by atoms with E-state index in [9.17, 15) is 14.4 Å². The van der Waals surface area contributed by atoms with Gasteiger partial charge in [0.15, 0.2) is 0 Å². The molecule has 7 heteroatoms. The molecule has 2 heterocycles. The first-order chi connectivity index (χ1) is 8.49. The number of hydrogen-bond donors (Lipinski definition) is 1. The summed E-state index contributed by atoms with van der Waals surface area (Å²) >= 11 is 0.929. The van der Waals surface area contributed by atoms with Crippen LogP contribution in [0.25, 0.3) is 0 Å². The van der Waals surface area contributed by atoms with Gasteiger partial charge in [-0.3, -0.25) is 9.59 Å². The fourth-order valence-corrected chi connectivity index (χ4v) is 2.47. The zero-order valence-electron chi connectivity index (χ0n) is 9.75. The molecule has 1 aromatic rings. The minimum atomic E-state index is -1.05. The summed E-state index contributed by atoms with van der Waals surface area (Å²) < 4.78 is 0. The SMILES string of the molecule is CN1CCN(C(=O)c2ccc(C(=O)O)s2)CC1=O. The Bertz CT molecular complexity index is 511. The molecule has 2 amide bonds. The standard InChI is InChI=1S/C11H12N2O4S/c1-12-4-5-13(6-9(12)14)10(15)7-2-3-8(18-7)11(16)17/h2-3H,4-6H2,1H3,(H,16,17). The summed E-state index contributed by atoms with van der Waals surface area (Å²) in [7, 11) is 1.69. The summed E-state index contributed by atoms with van der Waals surface area (Å²) in [5, 5.41) is 8.79. The van der Waals surface area contributed by atoms with Gasteiger partial charge in [0.05, 0.1) is 4.88 Å². The van der Waals surface area contributed by atoms with Crippen molar-refractivity contribution >= 4 is 29.1 Å². The number of nitrogens with zero attached hydrogens (tertiary/aromatic N) is 2. The first kappa shape index (κ1) is 12.6. The van der Waals surface area contributed by atoms with Crippen molar-refractivity contribution in [1.29, 1.82) is 0 Å². The molecule has 1 fully saturated rings. The molecule has 1 aromatic heterocycles. The molecule has 0 bridgehead atoms. The number of carbonyl (C=O) groups is 3. The van der Waals surface area contributed by atoms with Gasteiger partial charge in [-0.25, -0.2) is 4.79 Å². The maximum atomic E-state index is 12.1. The van der Waals surface area contributed by atoms with Gasteiger partial charge in [0.25, 0.3) is 5.91 Å². The third-order valence-electron chi connectivity index (χ3n) is 2.77. The van der Waals surface area contributed by atoms with Gasteiger partial charge in [0.1, 0.15) is 11.4 Å². The largest absolute Gasteiger partial charge is 0.477 e. The van der Waals surface area contributed by atoms with Crippen LogP contribution in [-0.4, -0.2) is 59.4 Å². The van der Waals surface area contributed by atoms with Crippen molar-refractivity contribution < 1.29 is 19.5 Å². The predicted molar refractivity (Wildman–Crippen MR) is 64.8 cm³/mol. The molecule has 1 aliphatic heterocycles. The number of piperazine rings is 1. The maximum absolute atomic E-state index is 12.1. The first-order valence-corrected chi connectivity index (χ1v) is 6.17. The van der Waals surface area contributed by atoms with Crippen LogP contribution >= 0.6 is 11.3 Å². The normalized spacial score (nSPS) is 15.9. The Morgan fingerprint density at radius 1 is 1.28 bits per heavy atom. The van der Waals surface area contributed by atoms with E-state index in [1.807, 2.05) is 0 Å². The van der Waals surface area contributed by atoms with Crippen LogP contribution in [-0.2, 0) is 4.79 Å². The molecule has 1 saturated heterocycles. The third-order valence-corrected chi connectivity index (χ3v) is 3.83. The molecule has 1 N–H and O–H groups in total. The number of hydrogen-bond acceptors (Lipinski definition) is 4. The molecule has 0 radical (unpaired) electrons. The van der Waals surface area contributed by atoms with Crippen LogP contribution in [0, 0.1) is 0 Å². The monoisotopic (exact) mass is 268 g/mol. The van der Waals surface area contributed by atoms with E-state index in [0.717, 1.165) is 11.3 Å². The second-order valence-electron chi connectivity index (χ2n) is 4.01. The number of carboxylic acids is 1. The van der Waals surface area contributed by atoms with E-state index in [1.54, 1.807) is 11.9 Å². The fraction of sp³-hybridized carbons (Fsp3) is 0.364. The van der Waals surface area contributed by atoms with E-state index in [2.05, 4.69) is 0 Å². The number of likely N-dealkylation sites (N-methyl/N-ethyl adjacent to an activating group) is 1. The number of rotatable bonds is 2. The van der Waals surface area contributed by atoms with Gasteiger partial charge in [-0.15, -0.1) is 11.3 Å². The summed E-state index contributed by atoms with van der Waals surface area (Å²) in [4.78, 5) is 37.8. The van der Waals surface area contributed by atoms with Gasteiger partial charge in [-0.1, -0.05) is 0 Å². The average Bonchev–Trinajstić information content (AvgIpc) is 2.81. The molecule has 1 aliphatic rings. The Labute approximate surface area is 107 Å². The summed E-state index contributed by atoms with van der Waals surface area (Å²) in [5.74, 6) is -1.44. The topological polar surface area (TPSA) is 77.9 Å². The Morgan fingerprint density at radius 3 is 2.50 bits per heavy atom. The highest BCUT2D eigenvalue weighted by atomic mass is 32.1. The van der Waals surface area contributed by atoms with Crippen LogP contribution in [0.1, 0.15) is 19.3 Å². The highest BCUT2D eigenvalue weighted by Crippen LogP contribution is 2.19. The van der Waals surface area contributed by atoms with Crippen LogP contribution in [0.3, 0.4) is 0 Å². The summed E-state index contributed by atoms with van der Waals surface area (Å²) in [5.41, 5.74) is 0. The molecule has 0 saturated carbocycles. The molecule has 0 unspecified atom stereocenters. The van der Waals surface area contributed by atoms with E-state index in [-0.39, 0.29) is 23.2 Å². The minimum Gasteiger partial charge on any atom is -0.477 e. The highest BCUT2D eigenvalue weighted by Gasteiger charge is 2.26. The number of amides is 2. The molecular formula is C11H12N2O4S. The second-order valence-corrected chi connectivity index (χ2v) is 5.09. The molecule has 0 spiro atoms. The van der Waals surface area contributed by atoms with Crippen LogP contribution in [0.5, 0.6) is 0 Å². The van der Waals surface area contributed by atoms with Crippen molar-refractivity contribution in [3.63, 3.8) is 0 Å². The Morgan fingerprint density at radius 2 is 1.94 bits per heavy atom. The van der Waals surface area contributed by atoms with Crippen LogP contribution < -0.4 is 0 Å². The summed E-state index contributed by atoms with van der Waals surface area (Å²) in [6.07, 6.45) is 0. The number of thiophene rings is 1. The second kappa shape index (κ2) is 4.77. The predicted octanol–water partition coefficient (Wildman–Crippen LogP) is 0.361. The highest BCUT2D eigenvalue weighted by molar-refractivity contribution is 7.15. The van der Waals surface area contributed by atoms with Crippen molar-refractivity contribution in [3.8, 4) is 0 Å². The van der Waals surface area contributed by atoms with Crippen molar-refractivity contribution in [3.05, 3.63) is 21.9 Å². The van der Waals surface area contributed by atoms with Crippen molar-refractivity contribution in [1.82, 2.24) is 9.80 Å². The van der Waals surface area contributed by atoms with E-state index < -0.39 is 5.97 Å². The van der Waals surface area contributed by atoms with Crippen molar-refractivity contribution in [2.75, 3.05) is 26.7 Å². The van der Waals surface area contributed by atoms with Crippen molar-refractivity contribution in [2.24, 2.45) is 0 Å². The smallest absolute Gasteiger partial charge is 0.345 e. The molecule has 0 aliphatic carbocycles. The van der Waals surface area contributed by atoms with Gasteiger partial charge >= 0.3 is 5.97 Å². The van der Waals surface area contributed by atoms with E-state index in [4.69, 9.17) is 5.11 Å². The van der Waals surface area contributed by atoms with Crippen molar-refractivity contribution in [2.45, 2.75) is 0 Å². The van der Waals surface area contributed by atoms with Gasteiger partial charge in [0.2, 0.25) is 5.91 Å². The Hall–Kier alpha value is -1.89. The van der Waals surface area contributed by atoms with Gasteiger partial charge in [-0.05, 0) is 12.1 Å². The molecular weight excluding hydrogens is 256 g/mol. The molecule has 2 rings (SSSR count). The lowest BCUT2D eigenvalue weighted by Gasteiger charge is -2.31. The summed E-state index contributed by atoms with van der Waals surface area (Å²) in [6, 6.07) is 2.89. The van der Waals surface area contributed by atoms with Crippen LogP contribution in [0.2, 0.25) is 0 Å². The third kappa shape index (κ3) is 2.35. The van der Waals surface area contributed by atoms with Crippen LogP contribution in [0.15, 0.2) is 12.1 Å². The molecule has 0 aromatic carbocycles. The van der Waals surface area contributed by atoms with E-state index in [0.29, 0.717) is 18.0 Å². The number of aromatic carboxylic acids is 1. The van der Waals surface area contributed by atoms with Crippen LogP contribution in [0.4, 0.5) is 0 Å². The van der Waals surface area contributed by atoms with Gasteiger partial charge in [-0.2, -0.15) is 0 Å². The summed E-state index contributed by atoms with van der Waals surface area (Å²) in [6.45, 7) is 1.03. The van der Waals surface area contributed by atoms with E-state index >= 15 is 0 Å².